The maximum absolute atomic E-state index is 5.57. The summed E-state index contributed by atoms with van der Waals surface area (Å²) < 4.78 is 7.29. The molecule has 1 saturated heterocycles. The van der Waals surface area contributed by atoms with E-state index in [9.17, 15) is 0 Å². The number of anilines is 2. The lowest BCUT2D eigenvalue weighted by Crippen LogP contribution is -2.46. The number of rotatable bonds is 13. The molecule has 0 saturated carbocycles. The summed E-state index contributed by atoms with van der Waals surface area (Å²) in [5, 5.41) is 11.8. The van der Waals surface area contributed by atoms with Crippen molar-refractivity contribution < 1.29 is 4.42 Å². The van der Waals surface area contributed by atoms with Crippen LogP contribution in [0.2, 0.25) is 0 Å². The second-order valence-corrected chi connectivity index (χ2v) is 9.74. The molecule has 1 aliphatic heterocycles. The Balaban J connectivity index is 1.14. The lowest BCUT2D eigenvalue weighted by atomic mass is 10.1. The fourth-order valence-corrected chi connectivity index (χ4v) is 5.00. The molecule has 4 aromatic rings. The molecule has 0 spiro atoms. The number of nitrogens with zero attached hydrogens (tertiary/aromatic N) is 6. The predicted molar refractivity (Wildman–Crippen MR) is 148 cm³/mol. The Labute approximate surface area is 218 Å². The standard InChI is InChI=1S/C28H38N8O/c29-13-5-3-1-2-4-6-14-34-15-17-35(18-16-34)24-11-9-23(10-12-24)26-21-31-28(36-22-32-33-27(26)36)30-20-25-8-7-19-37-25/h7-12,19,21-22H,1-6,13-18,20,29H2,(H,30,31). The van der Waals surface area contributed by atoms with Crippen molar-refractivity contribution in [2.45, 2.75) is 45.1 Å². The summed E-state index contributed by atoms with van der Waals surface area (Å²) in [5.41, 5.74) is 9.66. The van der Waals surface area contributed by atoms with Gasteiger partial charge in [-0.1, -0.05) is 37.8 Å². The van der Waals surface area contributed by atoms with Crippen LogP contribution in [-0.4, -0.2) is 63.8 Å². The summed E-state index contributed by atoms with van der Waals surface area (Å²) in [6.07, 6.45) is 13.0. The number of benzene rings is 1. The van der Waals surface area contributed by atoms with Crippen LogP contribution in [0.5, 0.6) is 0 Å². The lowest BCUT2D eigenvalue weighted by molar-refractivity contribution is 0.252. The van der Waals surface area contributed by atoms with Gasteiger partial charge in [-0.25, -0.2) is 4.98 Å². The summed E-state index contributed by atoms with van der Waals surface area (Å²) in [5.74, 6) is 1.53. The summed E-state index contributed by atoms with van der Waals surface area (Å²) in [7, 11) is 0. The minimum Gasteiger partial charge on any atom is -0.467 e. The summed E-state index contributed by atoms with van der Waals surface area (Å²) in [6.45, 7) is 7.00. The van der Waals surface area contributed by atoms with Crippen molar-refractivity contribution in [3.05, 3.63) is 60.9 Å². The monoisotopic (exact) mass is 502 g/mol. The first-order valence-corrected chi connectivity index (χ1v) is 13.5. The van der Waals surface area contributed by atoms with Gasteiger partial charge in [0.15, 0.2) is 5.65 Å². The topological polar surface area (TPSA) is 101 Å². The van der Waals surface area contributed by atoms with E-state index in [0.29, 0.717) is 12.5 Å². The van der Waals surface area contributed by atoms with Gasteiger partial charge in [0, 0.05) is 43.6 Å². The molecule has 0 aliphatic carbocycles. The molecule has 9 heteroatoms. The Bertz CT molecular complexity index is 1210. The molecule has 3 aromatic heterocycles. The molecule has 1 aromatic carbocycles. The molecule has 0 atom stereocenters. The van der Waals surface area contributed by atoms with Crippen LogP contribution in [0.4, 0.5) is 11.6 Å². The van der Waals surface area contributed by atoms with Crippen molar-refractivity contribution in [2.75, 3.05) is 49.5 Å². The Hall–Kier alpha value is -3.43. The summed E-state index contributed by atoms with van der Waals surface area (Å²) in [6, 6.07) is 12.5. The first-order chi connectivity index (χ1) is 18.3. The molecular weight excluding hydrogens is 464 g/mol. The van der Waals surface area contributed by atoms with Gasteiger partial charge in [-0.15, -0.1) is 10.2 Å². The molecule has 5 rings (SSSR count). The lowest BCUT2D eigenvalue weighted by Gasteiger charge is -2.36. The number of nitrogens with two attached hydrogens (primary N) is 1. The molecule has 0 bridgehead atoms. The van der Waals surface area contributed by atoms with Gasteiger partial charge in [0.1, 0.15) is 12.1 Å². The highest BCUT2D eigenvalue weighted by atomic mass is 16.3. The van der Waals surface area contributed by atoms with Gasteiger partial charge in [-0.2, -0.15) is 0 Å². The van der Waals surface area contributed by atoms with Gasteiger partial charge in [0.2, 0.25) is 5.95 Å². The van der Waals surface area contributed by atoms with E-state index in [-0.39, 0.29) is 0 Å². The molecule has 0 radical (unpaired) electrons. The molecule has 1 fully saturated rings. The maximum Gasteiger partial charge on any atom is 0.210 e. The zero-order chi connectivity index (χ0) is 25.3. The van der Waals surface area contributed by atoms with Crippen LogP contribution >= 0.6 is 0 Å². The zero-order valence-corrected chi connectivity index (χ0v) is 21.6. The number of aromatic nitrogens is 4. The molecule has 196 valence electrons. The van der Waals surface area contributed by atoms with E-state index in [1.165, 1.54) is 50.8 Å². The van der Waals surface area contributed by atoms with E-state index >= 15 is 0 Å². The Morgan fingerprint density at radius 3 is 2.46 bits per heavy atom. The molecule has 0 amide bonds. The Kier molecular flexibility index (Phi) is 8.66. The highest BCUT2D eigenvalue weighted by Crippen LogP contribution is 2.27. The average molecular weight is 503 g/mol. The van der Waals surface area contributed by atoms with Gasteiger partial charge in [0.05, 0.1) is 12.8 Å². The third-order valence-electron chi connectivity index (χ3n) is 7.18. The van der Waals surface area contributed by atoms with Crippen LogP contribution in [0, 0.1) is 0 Å². The van der Waals surface area contributed by atoms with Gasteiger partial charge >= 0.3 is 0 Å². The van der Waals surface area contributed by atoms with Crippen LogP contribution in [0.3, 0.4) is 0 Å². The predicted octanol–water partition coefficient (Wildman–Crippen LogP) is 4.42. The van der Waals surface area contributed by atoms with Crippen molar-refractivity contribution in [1.82, 2.24) is 24.5 Å². The van der Waals surface area contributed by atoms with Crippen molar-refractivity contribution in [1.29, 1.82) is 0 Å². The number of furan rings is 1. The molecule has 37 heavy (non-hydrogen) atoms. The number of fused-ring (bicyclic) bond motifs is 1. The van der Waals surface area contributed by atoms with E-state index < -0.39 is 0 Å². The van der Waals surface area contributed by atoms with Gasteiger partial charge in [-0.05, 0) is 55.8 Å². The van der Waals surface area contributed by atoms with Crippen LogP contribution in [0.1, 0.15) is 44.3 Å². The first-order valence-electron chi connectivity index (χ1n) is 13.5. The Morgan fingerprint density at radius 1 is 0.919 bits per heavy atom. The van der Waals surface area contributed by atoms with E-state index in [4.69, 9.17) is 10.2 Å². The zero-order valence-electron chi connectivity index (χ0n) is 21.6. The van der Waals surface area contributed by atoms with Crippen LogP contribution in [0.15, 0.2) is 59.6 Å². The third kappa shape index (κ3) is 6.47. The van der Waals surface area contributed by atoms with Crippen molar-refractivity contribution in [2.24, 2.45) is 5.73 Å². The number of hydrogen-bond acceptors (Lipinski definition) is 8. The van der Waals surface area contributed by atoms with Crippen LogP contribution in [-0.2, 0) is 6.54 Å². The molecule has 3 N–H and O–H groups in total. The Morgan fingerprint density at radius 2 is 1.70 bits per heavy atom. The molecule has 1 aliphatic rings. The summed E-state index contributed by atoms with van der Waals surface area (Å²) >= 11 is 0. The quantitative estimate of drug-likeness (QED) is 0.259. The summed E-state index contributed by atoms with van der Waals surface area (Å²) in [4.78, 5) is 9.73. The first kappa shape index (κ1) is 25.2. The number of hydrogen-bond donors (Lipinski definition) is 2. The fourth-order valence-electron chi connectivity index (χ4n) is 5.00. The van der Waals surface area contributed by atoms with Gasteiger partial charge < -0.3 is 20.4 Å². The molecule has 0 unspecified atom stereocenters. The van der Waals surface area contributed by atoms with Crippen LogP contribution < -0.4 is 16.0 Å². The minimum absolute atomic E-state index is 0.545. The van der Waals surface area contributed by atoms with Crippen molar-refractivity contribution >= 4 is 17.3 Å². The van der Waals surface area contributed by atoms with Gasteiger partial charge in [-0.3, -0.25) is 9.30 Å². The smallest absolute Gasteiger partial charge is 0.210 e. The molecule has 4 heterocycles. The second kappa shape index (κ2) is 12.7. The normalized spacial score (nSPS) is 14.5. The van der Waals surface area contributed by atoms with Crippen molar-refractivity contribution in [3.63, 3.8) is 0 Å². The fraction of sp³-hybridized carbons (Fsp3) is 0.464. The maximum atomic E-state index is 5.57. The van der Waals surface area contributed by atoms with E-state index in [1.54, 1.807) is 12.6 Å². The number of nitrogens with one attached hydrogen (secondary N) is 1. The van der Waals surface area contributed by atoms with E-state index in [0.717, 1.165) is 55.3 Å². The van der Waals surface area contributed by atoms with E-state index in [2.05, 4.69) is 54.6 Å². The SMILES string of the molecule is NCCCCCCCCN1CCN(c2ccc(-c3cnc(NCc4ccco4)n4cnnc34)cc2)CC1. The third-order valence-corrected chi connectivity index (χ3v) is 7.18. The van der Waals surface area contributed by atoms with Gasteiger partial charge in [0.25, 0.3) is 0 Å². The molecular formula is C28H38N8O. The van der Waals surface area contributed by atoms with Crippen LogP contribution in [0.25, 0.3) is 16.8 Å². The minimum atomic E-state index is 0.545. The highest BCUT2D eigenvalue weighted by molar-refractivity contribution is 5.78. The molecule has 9 nitrogen and oxygen atoms in total. The highest BCUT2D eigenvalue weighted by Gasteiger charge is 2.17. The second-order valence-electron chi connectivity index (χ2n) is 9.74. The number of unbranched alkanes of at least 4 members (excludes halogenated alkanes) is 5. The van der Waals surface area contributed by atoms with Crippen molar-refractivity contribution in [3.8, 4) is 11.1 Å². The average Bonchev–Trinajstić information content (AvgIpc) is 3.65. The number of piperazine rings is 1. The van der Waals surface area contributed by atoms with E-state index in [1.807, 2.05) is 22.7 Å². The largest absolute Gasteiger partial charge is 0.467 e.